The minimum atomic E-state index is -0.317. The summed E-state index contributed by atoms with van der Waals surface area (Å²) < 4.78 is 10.9. The van der Waals surface area contributed by atoms with Crippen LogP contribution >= 0.6 is 11.3 Å². The van der Waals surface area contributed by atoms with E-state index in [2.05, 4.69) is 22.1 Å². The maximum Gasteiger partial charge on any atom is 0.264 e. The number of benzene rings is 2. The lowest BCUT2D eigenvalue weighted by atomic mass is 10.1. The van der Waals surface area contributed by atoms with Gasteiger partial charge in [-0.2, -0.15) is 0 Å². The van der Waals surface area contributed by atoms with Crippen molar-refractivity contribution in [2.24, 2.45) is 0 Å². The number of hydrogen-bond donors (Lipinski definition) is 1. The van der Waals surface area contributed by atoms with Crippen molar-refractivity contribution in [2.45, 2.75) is 6.42 Å². The van der Waals surface area contributed by atoms with E-state index in [9.17, 15) is 4.79 Å². The Morgan fingerprint density at radius 3 is 2.74 bits per heavy atom. The highest BCUT2D eigenvalue weighted by Crippen LogP contribution is 2.29. The van der Waals surface area contributed by atoms with E-state index in [4.69, 9.17) is 9.47 Å². The van der Waals surface area contributed by atoms with Gasteiger partial charge >= 0.3 is 0 Å². The highest BCUT2D eigenvalue weighted by molar-refractivity contribution is 7.18. The van der Waals surface area contributed by atoms with Gasteiger partial charge in [-0.1, -0.05) is 53.8 Å². The van der Waals surface area contributed by atoms with Crippen molar-refractivity contribution in [3.8, 4) is 22.1 Å². The predicted octanol–water partition coefficient (Wildman–Crippen LogP) is 3.96. The van der Waals surface area contributed by atoms with Crippen molar-refractivity contribution < 1.29 is 14.3 Å². The number of nitrogens with zero attached hydrogens (tertiary/aromatic N) is 2. The molecule has 0 spiro atoms. The maximum absolute atomic E-state index is 12.1. The first-order valence-corrected chi connectivity index (χ1v) is 9.10. The van der Waals surface area contributed by atoms with E-state index in [0.717, 1.165) is 22.6 Å². The van der Waals surface area contributed by atoms with E-state index in [1.54, 1.807) is 13.2 Å². The van der Waals surface area contributed by atoms with E-state index in [-0.39, 0.29) is 12.5 Å². The van der Waals surface area contributed by atoms with Crippen molar-refractivity contribution in [3.63, 3.8) is 0 Å². The molecule has 1 heterocycles. The van der Waals surface area contributed by atoms with Crippen LogP contribution in [0.4, 0.5) is 5.13 Å². The smallest absolute Gasteiger partial charge is 0.264 e. The Hall–Kier alpha value is -3.19. The van der Waals surface area contributed by atoms with Gasteiger partial charge in [-0.25, -0.2) is 0 Å². The Balaban J connectivity index is 1.59. The zero-order valence-corrected chi connectivity index (χ0v) is 15.7. The Morgan fingerprint density at radius 1 is 1.19 bits per heavy atom. The Morgan fingerprint density at radius 2 is 2.00 bits per heavy atom. The van der Waals surface area contributed by atoms with Gasteiger partial charge in [0.05, 0.1) is 7.11 Å². The van der Waals surface area contributed by atoms with E-state index in [0.29, 0.717) is 16.6 Å². The Kier molecular flexibility index (Phi) is 6.17. The molecule has 0 fully saturated rings. The molecule has 0 aliphatic heterocycles. The van der Waals surface area contributed by atoms with Gasteiger partial charge in [-0.15, -0.1) is 16.8 Å². The quantitative estimate of drug-likeness (QED) is 0.598. The van der Waals surface area contributed by atoms with Crippen molar-refractivity contribution in [3.05, 3.63) is 66.7 Å². The number of aromatic nitrogens is 2. The average Bonchev–Trinajstić information content (AvgIpc) is 3.16. The third kappa shape index (κ3) is 4.92. The van der Waals surface area contributed by atoms with Crippen LogP contribution in [-0.4, -0.2) is 29.8 Å². The van der Waals surface area contributed by atoms with Crippen molar-refractivity contribution in [1.29, 1.82) is 0 Å². The molecular weight excluding hydrogens is 362 g/mol. The molecule has 138 valence electrons. The highest BCUT2D eigenvalue weighted by atomic mass is 32.1. The number of methoxy groups -OCH3 is 1. The largest absolute Gasteiger partial charge is 0.493 e. The lowest BCUT2D eigenvalue weighted by molar-refractivity contribution is -0.118. The molecule has 1 aromatic heterocycles. The molecule has 0 aliphatic rings. The summed E-state index contributed by atoms with van der Waals surface area (Å²) in [7, 11) is 1.56. The van der Waals surface area contributed by atoms with Crippen LogP contribution in [0, 0.1) is 0 Å². The highest BCUT2D eigenvalue weighted by Gasteiger charge is 2.12. The fourth-order valence-corrected chi connectivity index (χ4v) is 3.16. The summed E-state index contributed by atoms with van der Waals surface area (Å²) in [5.41, 5.74) is 2.01. The van der Waals surface area contributed by atoms with E-state index in [1.807, 2.05) is 48.5 Å². The molecule has 3 aromatic rings. The van der Waals surface area contributed by atoms with Crippen LogP contribution in [0.3, 0.4) is 0 Å². The molecule has 0 unspecified atom stereocenters. The SMILES string of the molecule is C=CCc1ccc(OCC(=O)Nc2nnc(-c3ccccc3)s2)c(OC)c1. The normalized spacial score (nSPS) is 10.3. The molecule has 7 heteroatoms. The van der Waals surface area contributed by atoms with Crippen LogP contribution in [0.2, 0.25) is 0 Å². The molecule has 6 nitrogen and oxygen atoms in total. The predicted molar refractivity (Wildman–Crippen MR) is 106 cm³/mol. The summed E-state index contributed by atoms with van der Waals surface area (Å²) in [4.78, 5) is 12.1. The van der Waals surface area contributed by atoms with E-state index in [1.165, 1.54) is 11.3 Å². The van der Waals surface area contributed by atoms with Crippen LogP contribution in [0.1, 0.15) is 5.56 Å². The second-order valence-electron chi connectivity index (χ2n) is 5.59. The summed E-state index contributed by atoms with van der Waals surface area (Å²) in [5, 5.41) is 12.0. The lowest BCUT2D eigenvalue weighted by Crippen LogP contribution is -2.20. The number of ether oxygens (including phenoxy) is 2. The summed E-state index contributed by atoms with van der Waals surface area (Å²) >= 11 is 1.31. The second kappa shape index (κ2) is 8.95. The number of rotatable bonds is 8. The minimum absolute atomic E-state index is 0.155. The van der Waals surface area contributed by atoms with Gasteiger partial charge in [0.1, 0.15) is 5.01 Å². The Bertz CT molecular complexity index is 925. The molecule has 0 saturated carbocycles. The number of allylic oxidation sites excluding steroid dienone is 1. The van der Waals surface area contributed by atoms with Crippen LogP contribution in [0.5, 0.6) is 11.5 Å². The van der Waals surface area contributed by atoms with Crippen LogP contribution in [0.25, 0.3) is 10.6 Å². The molecule has 0 aliphatic carbocycles. The number of nitrogens with one attached hydrogen (secondary N) is 1. The molecule has 0 saturated heterocycles. The molecular formula is C20H19N3O3S. The molecule has 2 aromatic carbocycles. The average molecular weight is 381 g/mol. The first-order valence-electron chi connectivity index (χ1n) is 8.29. The third-order valence-corrected chi connectivity index (χ3v) is 4.55. The molecule has 0 atom stereocenters. The number of anilines is 1. The Labute approximate surface area is 161 Å². The first kappa shape index (κ1) is 18.6. The van der Waals surface area contributed by atoms with Crippen molar-refractivity contribution >= 4 is 22.4 Å². The summed E-state index contributed by atoms with van der Waals surface area (Å²) in [6.45, 7) is 3.56. The van der Waals surface area contributed by atoms with Gasteiger partial charge in [0.2, 0.25) is 5.13 Å². The first-order chi connectivity index (χ1) is 13.2. The number of hydrogen-bond acceptors (Lipinski definition) is 6. The summed E-state index contributed by atoms with van der Waals surface area (Å²) in [6.07, 6.45) is 2.55. The molecule has 1 amide bonds. The second-order valence-corrected chi connectivity index (χ2v) is 6.57. The third-order valence-electron chi connectivity index (χ3n) is 3.66. The van der Waals surface area contributed by atoms with Gasteiger partial charge in [0, 0.05) is 5.56 Å². The number of carbonyl (C=O) groups is 1. The maximum atomic E-state index is 12.1. The van der Waals surface area contributed by atoms with Crippen LogP contribution in [0.15, 0.2) is 61.2 Å². The fourth-order valence-electron chi connectivity index (χ4n) is 2.39. The lowest BCUT2D eigenvalue weighted by Gasteiger charge is -2.11. The fraction of sp³-hybridized carbons (Fsp3) is 0.150. The minimum Gasteiger partial charge on any atom is -0.493 e. The van der Waals surface area contributed by atoms with Gasteiger partial charge in [0.25, 0.3) is 5.91 Å². The van der Waals surface area contributed by atoms with Gasteiger partial charge in [-0.3, -0.25) is 10.1 Å². The summed E-state index contributed by atoms with van der Waals surface area (Å²) in [5.74, 6) is 0.759. The molecule has 0 bridgehead atoms. The van der Waals surface area contributed by atoms with Crippen molar-refractivity contribution in [1.82, 2.24) is 10.2 Å². The molecule has 1 N–H and O–H groups in total. The number of carbonyl (C=O) groups excluding carboxylic acids is 1. The molecule has 0 radical (unpaired) electrons. The number of amides is 1. The van der Waals surface area contributed by atoms with Crippen LogP contribution in [-0.2, 0) is 11.2 Å². The monoisotopic (exact) mass is 381 g/mol. The molecule has 27 heavy (non-hydrogen) atoms. The zero-order chi connectivity index (χ0) is 19.1. The summed E-state index contributed by atoms with van der Waals surface area (Å²) in [6, 6.07) is 15.2. The van der Waals surface area contributed by atoms with Gasteiger partial charge in [0.15, 0.2) is 18.1 Å². The van der Waals surface area contributed by atoms with Crippen molar-refractivity contribution in [2.75, 3.05) is 19.0 Å². The van der Waals surface area contributed by atoms with E-state index >= 15 is 0 Å². The van der Waals surface area contributed by atoms with Gasteiger partial charge in [-0.05, 0) is 24.1 Å². The van der Waals surface area contributed by atoms with Gasteiger partial charge < -0.3 is 9.47 Å². The molecule has 3 rings (SSSR count). The standard InChI is InChI=1S/C20H19N3O3S/c1-3-7-14-10-11-16(17(12-14)25-2)26-13-18(24)21-20-23-22-19(27-20)15-8-5-4-6-9-15/h3-6,8-12H,1,7,13H2,2H3,(H,21,23,24). The topological polar surface area (TPSA) is 73.3 Å². The van der Waals surface area contributed by atoms with Crippen LogP contribution < -0.4 is 14.8 Å². The zero-order valence-electron chi connectivity index (χ0n) is 14.8. The van der Waals surface area contributed by atoms with E-state index < -0.39 is 0 Å².